The minimum absolute atomic E-state index is 0.0603. The van der Waals surface area contributed by atoms with Crippen molar-refractivity contribution in [1.82, 2.24) is 14.7 Å². The molecule has 166 valence electrons. The minimum Gasteiger partial charge on any atom is -0.455 e. The summed E-state index contributed by atoms with van der Waals surface area (Å²) < 4.78 is 20.4. The van der Waals surface area contributed by atoms with E-state index in [1.54, 1.807) is 25.1 Å². The normalized spacial score (nSPS) is 14.4. The van der Waals surface area contributed by atoms with Gasteiger partial charge in [-0.2, -0.15) is 5.10 Å². The van der Waals surface area contributed by atoms with Crippen molar-refractivity contribution in [2.45, 2.75) is 26.7 Å². The van der Waals surface area contributed by atoms with Crippen molar-refractivity contribution in [3.8, 4) is 5.69 Å². The highest BCUT2D eigenvalue weighted by atomic mass is 32.2. The number of aromatic nitrogens is 2. The molecule has 1 aromatic carbocycles. The van der Waals surface area contributed by atoms with E-state index < -0.39 is 18.5 Å². The lowest BCUT2D eigenvalue weighted by Crippen LogP contribution is -2.36. The quantitative estimate of drug-likeness (QED) is 0.518. The first kappa shape index (κ1) is 23.2. The maximum absolute atomic E-state index is 13.2. The van der Waals surface area contributed by atoms with Crippen molar-refractivity contribution in [1.29, 1.82) is 0 Å². The Hall–Kier alpha value is -2.46. The predicted octanol–water partition coefficient (Wildman–Crippen LogP) is 3.55. The number of amides is 1. The van der Waals surface area contributed by atoms with Gasteiger partial charge in [-0.1, -0.05) is 30.9 Å². The van der Waals surface area contributed by atoms with Crippen LogP contribution in [-0.2, 0) is 14.3 Å². The van der Waals surface area contributed by atoms with E-state index in [0.29, 0.717) is 27.4 Å². The summed E-state index contributed by atoms with van der Waals surface area (Å²) in [4.78, 5) is 26.4. The second-order valence-corrected chi connectivity index (χ2v) is 9.10. The number of piperidine rings is 1. The Morgan fingerprint density at radius 3 is 2.65 bits per heavy atom. The highest BCUT2D eigenvalue weighted by molar-refractivity contribution is 8.23. The zero-order valence-corrected chi connectivity index (χ0v) is 19.1. The number of hydrogen-bond donors (Lipinski definition) is 1. The maximum Gasteiger partial charge on any atom is 0.316 e. The molecule has 1 aromatic heterocycles. The first-order valence-corrected chi connectivity index (χ1v) is 11.4. The number of likely N-dealkylation sites (tertiary alicyclic amines) is 1. The SMILES string of the molecule is Cc1cc(NC(=O)COC(=O)CSC(=S)N2CCC(C)CC2)n(-c2ccc(F)cc2)n1. The molecule has 31 heavy (non-hydrogen) atoms. The Balaban J connectivity index is 1.45. The molecule has 1 saturated heterocycles. The van der Waals surface area contributed by atoms with E-state index in [4.69, 9.17) is 17.0 Å². The fourth-order valence-electron chi connectivity index (χ4n) is 3.14. The molecule has 1 fully saturated rings. The third-order valence-electron chi connectivity index (χ3n) is 4.89. The molecule has 0 saturated carbocycles. The molecule has 1 aliphatic rings. The Bertz CT molecular complexity index is 941. The van der Waals surface area contributed by atoms with Crippen LogP contribution in [0, 0.1) is 18.7 Å². The van der Waals surface area contributed by atoms with Crippen LogP contribution in [-0.4, -0.2) is 56.3 Å². The average Bonchev–Trinajstić information content (AvgIpc) is 3.11. The van der Waals surface area contributed by atoms with E-state index in [9.17, 15) is 14.0 Å². The number of ether oxygens (including phenoxy) is 1. The van der Waals surface area contributed by atoms with E-state index in [0.717, 1.165) is 25.9 Å². The van der Waals surface area contributed by atoms with Crippen LogP contribution in [0.2, 0.25) is 0 Å². The monoisotopic (exact) mass is 464 g/mol. The number of benzene rings is 1. The second kappa shape index (κ2) is 10.7. The van der Waals surface area contributed by atoms with Crippen molar-refractivity contribution in [3.63, 3.8) is 0 Å². The first-order chi connectivity index (χ1) is 14.8. The fraction of sp³-hybridized carbons (Fsp3) is 0.429. The van der Waals surface area contributed by atoms with Gasteiger partial charge in [0.2, 0.25) is 0 Å². The highest BCUT2D eigenvalue weighted by Crippen LogP contribution is 2.20. The zero-order valence-electron chi connectivity index (χ0n) is 17.5. The summed E-state index contributed by atoms with van der Waals surface area (Å²) in [6.07, 6.45) is 2.19. The Labute approximate surface area is 190 Å². The van der Waals surface area contributed by atoms with Crippen LogP contribution in [0.15, 0.2) is 30.3 Å². The van der Waals surface area contributed by atoms with Gasteiger partial charge < -0.3 is 15.0 Å². The van der Waals surface area contributed by atoms with E-state index in [2.05, 4.69) is 22.2 Å². The number of carbonyl (C=O) groups is 2. The smallest absolute Gasteiger partial charge is 0.316 e. The Morgan fingerprint density at radius 2 is 1.97 bits per heavy atom. The molecule has 2 aromatic rings. The van der Waals surface area contributed by atoms with Gasteiger partial charge in [-0.25, -0.2) is 9.07 Å². The zero-order chi connectivity index (χ0) is 22.4. The molecular formula is C21H25FN4O3S2. The van der Waals surface area contributed by atoms with Gasteiger partial charge in [0, 0.05) is 19.2 Å². The van der Waals surface area contributed by atoms with Crippen molar-refractivity contribution >= 4 is 46.0 Å². The van der Waals surface area contributed by atoms with Gasteiger partial charge in [0.05, 0.1) is 17.1 Å². The molecule has 0 bridgehead atoms. The third-order valence-corrected chi connectivity index (χ3v) is 6.39. The first-order valence-electron chi connectivity index (χ1n) is 10.0. The Kier molecular flexibility index (Phi) is 8.03. The van der Waals surface area contributed by atoms with Crippen LogP contribution < -0.4 is 5.32 Å². The standard InChI is InChI=1S/C21H25FN4O3S2/c1-14-7-9-25(10-8-14)21(30)31-13-20(28)29-12-19(27)23-18-11-15(2)24-26(18)17-5-3-16(22)4-6-17/h3-6,11,14H,7-10,12-13H2,1-2H3,(H,23,27). The van der Waals surface area contributed by atoms with Crippen molar-refractivity contribution < 1.29 is 18.7 Å². The van der Waals surface area contributed by atoms with Gasteiger partial charge >= 0.3 is 5.97 Å². The van der Waals surface area contributed by atoms with Gasteiger partial charge in [-0.3, -0.25) is 9.59 Å². The molecule has 1 N–H and O–H groups in total. The number of carbonyl (C=O) groups excluding carboxylic acids is 2. The fourth-order valence-corrected chi connectivity index (χ4v) is 4.19. The molecule has 0 spiro atoms. The van der Waals surface area contributed by atoms with Gasteiger partial charge in [-0.05, 0) is 49.9 Å². The summed E-state index contributed by atoms with van der Waals surface area (Å²) >= 11 is 6.65. The summed E-state index contributed by atoms with van der Waals surface area (Å²) in [6.45, 7) is 5.40. The van der Waals surface area contributed by atoms with Crippen molar-refractivity contribution in [2.24, 2.45) is 5.92 Å². The van der Waals surface area contributed by atoms with Crippen molar-refractivity contribution in [3.05, 3.63) is 41.8 Å². The molecule has 10 heteroatoms. The van der Waals surface area contributed by atoms with Crippen LogP contribution in [0.5, 0.6) is 0 Å². The number of hydrogen-bond acceptors (Lipinski definition) is 6. The van der Waals surface area contributed by atoms with Crippen LogP contribution in [0.1, 0.15) is 25.5 Å². The molecule has 0 radical (unpaired) electrons. The summed E-state index contributed by atoms with van der Waals surface area (Å²) in [5.41, 5.74) is 1.27. The molecular weight excluding hydrogens is 439 g/mol. The lowest BCUT2D eigenvalue weighted by molar-refractivity contribution is -0.144. The number of rotatable bonds is 6. The number of esters is 1. The summed E-state index contributed by atoms with van der Waals surface area (Å²) in [7, 11) is 0. The summed E-state index contributed by atoms with van der Waals surface area (Å²) in [6, 6.07) is 7.41. The van der Waals surface area contributed by atoms with Crippen molar-refractivity contribution in [2.75, 3.05) is 30.8 Å². The predicted molar refractivity (Wildman–Crippen MR) is 123 cm³/mol. The molecule has 0 atom stereocenters. The third kappa shape index (κ3) is 6.76. The number of anilines is 1. The van der Waals surface area contributed by atoms with Gasteiger partial charge in [0.15, 0.2) is 6.61 Å². The van der Waals surface area contributed by atoms with E-state index in [1.165, 1.54) is 28.6 Å². The Morgan fingerprint density at radius 1 is 1.29 bits per heavy atom. The number of aryl methyl sites for hydroxylation is 1. The number of thiocarbonyl (C=S) groups is 1. The second-order valence-electron chi connectivity index (χ2n) is 7.49. The molecule has 2 heterocycles. The summed E-state index contributed by atoms with van der Waals surface area (Å²) in [5, 5.41) is 6.98. The largest absolute Gasteiger partial charge is 0.455 e. The van der Waals surface area contributed by atoms with Gasteiger partial charge in [0.25, 0.3) is 5.91 Å². The van der Waals surface area contributed by atoms with Gasteiger partial charge in [0.1, 0.15) is 16.0 Å². The molecule has 0 unspecified atom stereocenters. The molecule has 0 aliphatic carbocycles. The highest BCUT2D eigenvalue weighted by Gasteiger charge is 2.19. The molecule has 1 aliphatic heterocycles. The number of nitrogens with one attached hydrogen (secondary N) is 1. The van der Waals surface area contributed by atoms with E-state index >= 15 is 0 Å². The lowest BCUT2D eigenvalue weighted by atomic mass is 10.00. The molecule has 7 nitrogen and oxygen atoms in total. The topological polar surface area (TPSA) is 76.5 Å². The maximum atomic E-state index is 13.2. The molecule has 3 rings (SSSR count). The van der Waals surface area contributed by atoms with Gasteiger partial charge in [-0.15, -0.1) is 0 Å². The van der Waals surface area contributed by atoms with Crippen LogP contribution in [0.3, 0.4) is 0 Å². The van der Waals surface area contributed by atoms with E-state index in [1.807, 2.05) is 0 Å². The van der Waals surface area contributed by atoms with Crippen LogP contribution in [0.25, 0.3) is 5.69 Å². The van der Waals surface area contributed by atoms with E-state index in [-0.39, 0.29) is 11.6 Å². The summed E-state index contributed by atoms with van der Waals surface area (Å²) in [5.74, 6) is -0.191. The average molecular weight is 465 g/mol. The molecule has 1 amide bonds. The number of nitrogens with zero attached hydrogens (tertiary/aromatic N) is 3. The minimum atomic E-state index is -0.504. The van der Waals surface area contributed by atoms with Crippen LogP contribution in [0.4, 0.5) is 10.2 Å². The lowest BCUT2D eigenvalue weighted by Gasteiger charge is -2.31. The number of thioether (sulfide) groups is 1. The van der Waals surface area contributed by atoms with Crippen LogP contribution >= 0.6 is 24.0 Å². The number of halogens is 1.